The summed E-state index contributed by atoms with van der Waals surface area (Å²) in [6, 6.07) is 0. The second-order valence-electron chi connectivity index (χ2n) is 7.09. The van der Waals surface area contributed by atoms with Gasteiger partial charge < -0.3 is 10.2 Å². The number of carbonyl (C=O) groups is 2. The van der Waals surface area contributed by atoms with E-state index in [9.17, 15) is 9.59 Å². The molecule has 0 unspecified atom stereocenters. The second-order valence-corrected chi connectivity index (χ2v) is 7.45. The molecule has 1 aromatic heterocycles. The molecule has 1 aliphatic heterocycles. The molecule has 6 nitrogen and oxygen atoms in total. The molecular weight excluding hydrogens is 364 g/mol. The van der Waals surface area contributed by atoms with Gasteiger partial charge in [0.1, 0.15) is 5.15 Å². The molecule has 0 bridgehead atoms. The van der Waals surface area contributed by atoms with Crippen LogP contribution in [0.15, 0.2) is 6.08 Å². The van der Waals surface area contributed by atoms with Crippen LogP contribution in [0.3, 0.4) is 0 Å². The van der Waals surface area contributed by atoms with E-state index in [0.29, 0.717) is 37.6 Å². The average molecular weight is 395 g/mol. The number of halogens is 1. The zero-order valence-corrected chi connectivity index (χ0v) is 17.4. The highest BCUT2D eigenvalue weighted by molar-refractivity contribution is 6.31. The molecule has 27 heavy (non-hydrogen) atoms. The van der Waals surface area contributed by atoms with Gasteiger partial charge >= 0.3 is 0 Å². The quantitative estimate of drug-likeness (QED) is 0.687. The van der Waals surface area contributed by atoms with Crippen molar-refractivity contribution < 1.29 is 9.59 Å². The molecule has 0 aliphatic carbocycles. The van der Waals surface area contributed by atoms with Crippen molar-refractivity contribution >= 4 is 29.5 Å². The molecule has 0 radical (unpaired) electrons. The number of nitrogens with one attached hydrogen (secondary N) is 1. The molecule has 2 rings (SSSR count). The first-order chi connectivity index (χ1) is 13.0. The molecule has 7 heteroatoms. The van der Waals surface area contributed by atoms with Gasteiger partial charge in [-0.2, -0.15) is 5.10 Å². The Bertz CT molecular complexity index is 676. The molecule has 1 saturated heterocycles. The Labute approximate surface area is 166 Å². The third kappa shape index (κ3) is 5.83. The Balaban J connectivity index is 1.91. The summed E-state index contributed by atoms with van der Waals surface area (Å²) in [6.07, 6.45) is 7.78. The highest BCUT2D eigenvalue weighted by atomic mass is 35.5. The van der Waals surface area contributed by atoms with E-state index in [0.717, 1.165) is 37.1 Å². The largest absolute Gasteiger partial charge is 0.356 e. The van der Waals surface area contributed by atoms with Crippen LogP contribution in [-0.2, 0) is 16.1 Å². The number of aromatic nitrogens is 2. The lowest BCUT2D eigenvalue weighted by Crippen LogP contribution is -2.42. The van der Waals surface area contributed by atoms with Crippen molar-refractivity contribution in [2.24, 2.45) is 5.92 Å². The van der Waals surface area contributed by atoms with Gasteiger partial charge in [-0.25, -0.2) is 0 Å². The van der Waals surface area contributed by atoms with E-state index in [-0.39, 0.29) is 17.7 Å². The van der Waals surface area contributed by atoms with Crippen LogP contribution in [0.2, 0.25) is 5.15 Å². The van der Waals surface area contributed by atoms with Gasteiger partial charge in [-0.1, -0.05) is 31.9 Å². The Hall–Kier alpha value is -1.82. The number of amides is 2. The summed E-state index contributed by atoms with van der Waals surface area (Å²) in [5, 5.41) is 7.98. The van der Waals surface area contributed by atoms with Crippen LogP contribution < -0.4 is 5.32 Å². The van der Waals surface area contributed by atoms with Crippen LogP contribution in [0, 0.1) is 12.8 Å². The van der Waals surface area contributed by atoms with Crippen LogP contribution in [0.4, 0.5) is 0 Å². The van der Waals surface area contributed by atoms with Gasteiger partial charge in [-0.3, -0.25) is 14.3 Å². The maximum Gasteiger partial charge on any atom is 0.246 e. The number of rotatable bonds is 8. The summed E-state index contributed by atoms with van der Waals surface area (Å²) in [5.74, 6) is 0.0821. The van der Waals surface area contributed by atoms with Crippen LogP contribution in [0.1, 0.15) is 57.2 Å². The van der Waals surface area contributed by atoms with Crippen LogP contribution >= 0.6 is 11.6 Å². The van der Waals surface area contributed by atoms with Gasteiger partial charge in [0, 0.05) is 43.7 Å². The van der Waals surface area contributed by atoms with Crippen molar-refractivity contribution in [2.45, 2.75) is 59.4 Å². The highest BCUT2D eigenvalue weighted by Gasteiger charge is 2.26. The molecule has 1 fully saturated rings. The topological polar surface area (TPSA) is 67.2 Å². The average Bonchev–Trinajstić information content (AvgIpc) is 2.95. The number of nitrogens with zero attached hydrogens (tertiary/aromatic N) is 3. The molecule has 2 heterocycles. The Kier molecular flexibility index (Phi) is 8.35. The maximum absolute atomic E-state index is 12.5. The fraction of sp³-hybridized carbons (Fsp3) is 0.650. The molecule has 1 aromatic rings. The van der Waals surface area contributed by atoms with E-state index in [1.54, 1.807) is 21.7 Å². The lowest BCUT2D eigenvalue weighted by Gasteiger charge is -2.30. The number of likely N-dealkylation sites (tertiary alicyclic amines) is 1. The van der Waals surface area contributed by atoms with Crippen molar-refractivity contribution in [3.05, 3.63) is 22.5 Å². The molecule has 0 atom stereocenters. The minimum Gasteiger partial charge on any atom is -0.356 e. The van der Waals surface area contributed by atoms with Gasteiger partial charge in [0.05, 0.1) is 5.69 Å². The van der Waals surface area contributed by atoms with Crippen molar-refractivity contribution in [2.75, 3.05) is 19.6 Å². The molecule has 1 N–H and O–H groups in total. The predicted octanol–water partition coefficient (Wildman–Crippen LogP) is 3.42. The minimum absolute atomic E-state index is 0.0121. The lowest BCUT2D eigenvalue weighted by atomic mass is 9.96. The van der Waals surface area contributed by atoms with Crippen molar-refractivity contribution in [3.8, 4) is 0 Å². The van der Waals surface area contributed by atoms with Crippen molar-refractivity contribution in [1.82, 2.24) is 20.0 Å². The standard InChI is InChI=1S/C20H31ClN4O2/c1-4-6-12-25-19(21)17(15(3)23-25)7-8-18(26)24-13-9-16(10-14-24)20(27)22-11-5-2/h7-8,16H,4-6,9-14H2,1-3H3,(H,22,27)/b8-7+. The van der Waals surface area contributed by atoms with Gasteiger partial charge in [-0.05, 0) is 38.7 Å². The fourth-order valence-electron chi connectivity index (χ4n) is 3.23. The van der Waals surface area contributed by atoms with Crippen LogP contribution in [-0.4, -0.2) is 46.1 Å². The summed E-state index contributed by atoms with van der Waals surface area (Å²) < 4.78 is 1.80. The Morgan fingerprint density at radius 3 is 2.59 bits per heavy atom. The molecule has 0 aromatic carbocycles. The zero-order valence-electron chi connectivity index (χ0n) is 16.6. The van der Waals surface area contributed by atoms with E-state index in [2.05, 4.69) is 17.3 Å². The predicted molar refractivity (Wildman–Crippen MR) is 109 cm³/mol. The minimum atomic E-state index is -0.0424. The molecule has 2 amide bonds. The molecule has 150 valence electrons. The summed E-state index contributed by atoms with van der Waals surface area (Å²) in [4.78, 5) is 26.3. The molecule has 0 saturated carbocycles. The monoisotopic (exact) mass is 394 g/mol. The first-order valence-electron chi connectivity index (χ1n) is 9.95. The Morgan fingerprint density at radius 1 is 1.26 bits per heavy atom. The highest BCUT2D eigenvalue weighted by Crippen LogP contribution is 2.22. The zero-order chi connectivity index (χ0) is 19.8. The van der Waals surface area contributed by atoms with Gasteiger partial charge in [0.25, 0.3) is 0 Å². The third-order valence-electron chi connectivity index (χ3n) is 4.95. The van der Waals surface area contributed by atoms with Gasteiger partial charge in [0.15, 0.2) is 0 Å². The number of piperidine rings is 1. The number of aryl methyl sites for hydroxylation is 2. The number of carbonyl (C=O) groups excluding carboxylic acids is 2. The van der Waals surface area contributed by atoms with Crippen LogP contribution in [0.5, 0.6) is 0 Å². The first kappa shape index (κ1) is 21.5. The Morgan fingerprint density at radius 2 is 1.96 bits per heavy atom. The van der Waals surface area contributed by atoms with E-state index < -0.39 is 0 Å². The fourth-order valence-corrected chi connectivity index (χ4v) is 3.55. The van der Waals surface area contributed by atoms with E-state index >= 15 is 0 Å². The summed E-state index contributed by atoms with van der Waals surface area (Å²) >= 11 is 6.41. The summed E-state index contributed by atoms with van der Waals surface area (Å²) in [5.41, 5.74) is 1.63. The number of hydrogen-bond acceptors (Lipinski definition) is 3. The second kappa shape index (κ2) is 10.5. The van der Waals surface area contributed by atoms with E-state index in [4.69, 9.17) is 11.6 Å². The molecule has 1 aliphatic rings. The van der Waals surface area contributed by atoms with E-state index in [1.165, 1.54) is 0 Å². The normalized spacial score (nSPS) is 15.5. The van der Waals surface area contributed by atoms with Crippen molar-refractivity contribution in [1.29, 1.82) is 0 Å². The summed E-state index contributed by atoms with van der Waals surface area (Å²) in [7, 11) is 0. The molecule has 0 spiro atoms. The molecular formula is C20H31ClN4O2. The number of unbranched alkanes of at least 4 members (excludes halogenated alkanes) is 1. The van der Waals surface area contributed by atoms with Gasteiger partial charge in [0.2, 0.25) is 11.8 Å². The van der Waals surface area contributed by atoms with Gasteiger partial charge in [-0.15, -0.1) is 0 Å². The summed E-state index contributed by atoms with van der Waals surface area (Å²) in [6.45, 7) is 8.78. The third-order valence-corrected chi connectivity index (χ3v) is 5.35. The van der Waals surface area contributed by atoms with Crippen molar-refractivity contribution in [3.63, 3.8) is 0 Å². The first-order valence-corrected chi connectivity index (χ1v) is 10.3. The van der Waals surface area contributed by atoms with Crippen LogP contribution in [0.25, 0.3) is 6.08 Å². The smallest absolute Gasteiger partial charge is 0.246 e. The SMILES string of the molecule is CCCCn1nc(C)c(/C=C/C(=O)N2CCC(C(=O)NCCC)CC2)c1Cl. The maximum atomic E-state index is 12.5. The number of hydrogen-bond donors (Lipinski definition) is 1. The van der Waals surface area contributed by atoms with E-state index in [1.807, 2.05) is 13.8 Å². The lowest BCUT2D eigenvalue weighted by molar-refractivity contribution is -0.132.